The van der Waals surface area contributed by atoms with Crippen LogP contribution in [0.4, 0.5) is 0 Å². The van der Waals surface area contributed by atoms with Gasteiger partial charge in [0.15, 0.2) is 17.5 Å². The fourth-order valence-electron chi connectivity index (χ4n) is 12.7. The lowest BCUT2D eigenvalue weighted by molar-refractivity contribution is 0.590. The minimum absolute atomic E-state index is 0.0119. The summed E-state index contributed by atoms with van der Waals surface area (Å²) in [6.07, 6.45) is 0. The van der Waals surface area contributed by atoms with Crippen LogP contribution in [0.1, 0.15) is 158 Å². The third kappa shape index (κ3) is 10.2. The molecule has 9 aromatic carbocycles. The molecule has 4 aromatic heterocycles. The third-order valence-corrected chi connectivity index (χ3v) is 18.3. The SMILES string of the molecule is CC(C)(C)c1ccc2c(c1)c1cc(C(C)(C)C)ccc1n2-c1ccc(-c2nc(-c3ccc(-n4c5ccc(C(C)(C)C)cc5c5cc(C(C)(C)C)ccc54)cc3)nc(-c3ccc(-n4c5ccc(C(C)(C)C)cc5c5cc(C(C)(C)C)ccc54)cc3)n2)cc1. The molecule has 0 aliphatic rings. The van der Waals surface area contributed by atoms with Crippen LogP contribution < -0.4 is 0 Å². The van der Waals surface area contributed by atoms with E-state index in [2.05, 4.69) is 320 Å². The van der Waals surface area contributed by atoms with E-state index in [0.29, 0.717) is 17.5 Å². The summed E-state index contributed by atoms with van der Waals surface area (Å²) < 4.78 is 7.24. The Morgan fingerprint density at radius 3 is 0.517 bits per heavy atom. The number of aromatic nitrogens is 6. The van der Waals surface area contributed by atoms with E-state index in [-0.39, 0.29) is 32.5 Å². The number of fused-ring (bicyclic) bond motifs is 9. The standard InChI is InChI=1S/C81H84N6/c1-76(2,3)52-25-37-67-61(43-52)62-44-53(77(4,5)6)26-38-68(62)85(67)58-31-19-49(20-32-58)73-82-74(50-21-33-59(34-22-50)86-69-39-27-54(78(7,8)9)45-63(69)64-46-55(79(10,11)12)28-40-70(64)86)84-75(83-73)51-23-35-60(36-24-51)87-71-41-29-56(80(13,14)15)47-65(71)66-48-57(81(16,17)18)30-42-72(66)87/h19-48H,1-18H3. The summed E-state index contributed by atoms with van der Waals surface area (Å²) in [6, 6.07) is 68.4. The molecule has 0 spiro atoms. The maximum atomic E-state index is 5.35. The first-order valence-electron chi connectivity index (χ1n) is 31.2. The summed E-state index contributed by atoms with van der Waals surface area (Å²) in [5.74, 6) is 1.83. The molecule has 4 heterocycles. The van der Waals surface area contributed by atoms with Gasteiger partial charge in [-0.15, -0.1) is 0 Å². The lowest BCUT2D eigenvalue weighted by atomic mass is 9.85. The van der Waals surface area contributed by atoms with Crippen molar-refractivity contribution in [3.05, 3.63) is 215 Å². The minimum atomic E-state index is 0.0119. The maximum Gasteiger partial charge on any atom is 0.164 e. The van der Waals surface area contributed by atoms with Gasteiger partial charge in [0.2, 0.25) is 0 Å². The van der Waals surface area contributed by atoms with E-state index in [1.54, 1.807) is 0 Å². The number of benzene rings is 9. The van der Waals surface area contributed by atoms with Gasteiger partial charge in [0.25, 0.3) is 0 Å². The van der Waals surface area contributed by atoms with Gasteiger partial charge in [-0.3, -0.25) is 0 Å². The first kappa shape index (κ1) is 57.5. The highest BCUT2D eigenvalue weighted by molar-refractivity contribution is 6.12. The van der Waals surface area contributed by atoms with Crippen molar-refractivity contribution < 1.29 is 0 Å². The van der Waals surface area contributed by atoms with Gasteiger partial charge in [-0.1, -0.05) is 161 Å². The van der Waals surface area contributed by atoms with E-state index in [1.807, 2.05) is 0 Å². The molecule has 0 aliphatic carbocycles. The molecule has 0 atom stereocenters. The summed E-state index contributed by atoms with van der Waals surface area (Å²) >= 11 is 0. The van der Waals surface area contributed by atoms with Gasteiger partial charge in [-0.05, 0) is 211 Å². The number of nitrogens with zero attached hydrogens (tertiary/aromatic N) is 6. The zero-order valence-corrected chi connectivity index (χ0v) is 54.5. The van der Waals surface area contributed by atoms with Crippen LogP contribution in [0.15, 0.2) is 182 Å². The zero-order chi connectivity index (χ0) is 61.7. The number of hydrogen-bond acceptors (Lipinski definition) is 3. The predicted molar refractivity (Wildman–Crippen MR) is 371 cm³/mol. The monoisotopic (exact) mass is 1140 g/mol. The summed E-state index contributed by atoms with van der Waals surface area (Å²) in [5, 5.41) is 7.59. The van der Waals surface area contributed by atoms with E-state index in [1.165, 1.54) is 98.8 Å². The summed E-state index contributed by atoms with van der Waals surface area (Å²) in [5.41, 5.74) is 21.1. The number of rotatable bonds is 6. The Bertz CT molecular complexity index is 4140. The van der Waals surface area contributed by atoms with Gasteiger partial charge in [0, 0.05) is 66.1 Å². The van der Waals surface area contributed by atoms with Crippen molar-refractivity contribution in [3.8, 4) is 51.2 Å². The highest BCUT2D eigenvalue weighted by Crippen LogP contribution is 2.42. The topological polar surface area (TPSA) is 53.5 Å². The van der Waals surface area contributed by atoms with E-state index in [9.17, 15) is 0 Å². The molecule has 0 N–H and O–H groups in total. The Morgan fingerprint density at radius 1 is 0.207 bits per heavy atom. The average Bonchev–Trinajstić information content (AvgIpc) is 1.64. The Labute approximate surface area is 515 Å². The fourth-order valence-corrected chi connectivity index (χ4v) is 12.7. The Kier molecular flexibility index (Phi) is 13.2. The quantitative estimate of drug-likeness (QED) is 0.167. The van der Waals surface area contributed by atoms with E-state index in [0.717, 1.165) is 33.8 Å². The Hall–Kier alpha value is -8.61. The summed E-state index contributed by atoms with van der Waals surface area (Å²) in [6.45, 7) is 41.3. The van der Waals surface area contributed by atoms with Crippen molar-refractivity contribution in [3.63, 3.8) is 0 Å². The molecule has 0 aliphatic heterocycles. The largest absolute Gasteiger partial charge is 0.309 e. The molecule has 438 valence electrons. The van der Waals surface area contributed by atoms with Crippen LogP contribution in [-0.2, 0) is 32.5 Å². The van der Waals surface area contributed by atoms with Gasteiger partial charge in [-0.25, -0.2) is 15.0 Å². The van der Waals surface area contributed by atoms with Crippen LogP contribution in [0.3, 0.4) is 0 Å². The molecule has 0 saturated carbocycles. The molecule has 13 rings (SSSR count). The van der Waals surface area contributed by atoms with Crippen molar-refractivity contribution in [2.24, 2.45) is 0 Å². The van der Waals surface area contributed by atoms with Crippen LogP contribution >= 0.6 is 0 Å². The van der Waals surface area contributed by atoms with Gasteiger partial charge >= 0.3 is 0 Å². The molecule has 0 unspecified atom stereocenters. The highest BCUT2D eigenvalue weighted by Gasteiger charge is 2.26. The van der Waals surface area contributed by atoms with Crippen LogP contribution in [0.25, 0.3) is 117 Å². The van der Waals surface area contributed by atoms with Crippen LogP contribution in [0.5, 0.6) is 0 Å². The molecule has 13 aromatic rings. The van der Waals surface area contributed by atoms with Crippen molar-refractivity contribution >= 4 is 65.4 Å². The molecule has 6 nitrogen and oxygen atoms in total. The molecule has 0 radical (unpaired) electrons. The van der Waals surface area contributed by atoms with Crippen LogP contribution in [0, 0.1) is 0 Å². The third-order valence-electron chi connectivity index (χ3n) is 18.3. The van der Waals surface area contributed by atoms with Crippen molar-refractivity contribution in [1.29, 1.82) is 0 Å². The lowest BCUT2D eigenvalue weighted by Gasteiger charge is -2.19. The van der Waals surface area contributed by atoms with Crippen molar-refractivity contribution in [2.75, 3.05) is 0 Å². The molecule has 0 amide bonds. The lowest BCUT2D eigenvalue weighted by Crippen LogP contribution is -2.10. The number of hydrogen-bond donors (Lipinski definition) is 0. The van der Waals surface area contributed by atoms with Gasteiger partial charge in [0.05, 0.1) is 33.1 Å². The second kappa shape index (κ2) is 20.0. The predicted octanol–water partition coefficient (Wildman–Crippen LogP) is 21.9. The van der Waals surface area contributed by atoms with Crippen LogP contribution in [0.2, 0.25) is 0 Å². The van der Waals surface area contributed by atoms with Gasteiger partial charge in [0.1, 0.15) is 0 Å². The minimum Gasteiger partial charge on any atom is -0.309 e. The van der Waals surface area contributed by atoms with Crippen molar-refractivity contribution in [2.45, 2.75) is 157 Å². The van der Waals surface area contributed by atoms with E-state index in [4.69, 9.17) is 15.0 Å². The van der Waals surface area contributed by atoms with Crippen molar-refractivity contribution in [1.82, 2.24) is 28.7 Å². The van der Waals surface area contributed by atoms with Gasteiger partial charge < -0.3 is 13.7 Å². The summed E-state index contributed by atoms with van der Waals surface area (Å²) in [7, 11) is 0. The Balaban J connectivity index is 0.945. The molecular weight excluding hydrogens is 1060 g/mol. The Morgan fingerprint density at radius 2 is 0.368 bits per heavy atom. The molecule has 6 heteroatoms. The molecule has 0 fully saturated rings. The maximum absolute atomic E-state index is 5.35. The average molecular weight is 1140 g/mol. The first-order valence-corrected chi connectivity index (χ1v) is 31.2. The molecular formula is C81H84N6. The fraction of sp³-hybridized carbons (Fsp3) is 0.296. The summed E-state index contributed by atoms with van der Waals surface area (Å²) in [4.78, 5) is 16.0. The second-order valence-corrected chi connectivity index (χ2v) is 30.8. The van der Waals surface area contributed by atoms with E-state index >= 15 is 0 Å². The normalized spacial score (nSPS) is 13.2. The van der Waals surface area contributed by atoms with E-state index < -0.39 is 0 Å². The molecule has 0 bridgehead atoms. The molecule has 0 saturated heterocycles. The second-order valence-electron chi connectivity index (χ2n) is 30.8. The van der Waals surface area contributed by atoms with Gasteiger partial charge in [-0.2, -0.15) is 0 Å². The smallest absolute Gasteiger partial charge is 0.164 e. The van der Waals surface area contributed by atoms with Crippen LogP contribution in [-0.4, -0.2) is 28.7 Å². The highest BCUT2D eigenvalue weighted by atomic mass is 15.0. The zero-order valence-electron chi connectivity index (χ0n) is 54.5. The molecule has 87 heavy (non-hydrogen) atoms. The first-order chi connectivity index (χ1) is 40.9.